The fraction of sp³-hybridized carbons (Fsp3) is 0.560. The van der Waals surface area contributed by atoms with Crippen molar-refractivity contribution in [3.63, 3.8) is 0 Å². The number of piperidine rings is 1. The summed E-state index contributed by atoms with van der Waals surface area (Å²) in [4.78, 5) is 14.3. The Bertz CT molecular complexity index is 895. The van der Waals surface area contributed by atoms with Crippen LogP contribution in [0.3, 0.4) is 0 Å². The van der Waals surface area contributed by atoms with Gasteiger partial charge in [-0.05, 0) is 48.9 Å². The number of benzene rings is 1. The number of hydrogen-bond donors (Lipinski definition) is 2. The highest BCUT2D eigenvalue weighted by atomic mass is 32.1. The normalized spacial score (nSPS) is 21.0. The highest BCUT2D eigenvalue weighted by molar-refractivity contribution is 7.80. The molecule has 7 nitrogen and oxygen atoms in total. The van der Waals surface area contributed by atoms with Crippen molar-refractivity contribution in [2.24, 2.45) is 11.8 Å². The third-order valence-electron chi connectivity index (χ3n) is 6.22. The Kier molecular flexibility index (Phi) is 8.34. The highest BCUT2D eigenvalue weighted by Crippen LogP contribution is 2.28. The number of aromatic nitrogens is 2. The fourth-order valence-corrected chi connectivity index (χ4v) is 4.92. The minimum absolute atomic E-state index is 0.556. The molecule has 0 radical (unpaired) electrons. The molecule has 0 aliphatic carbocycles. The van der Waals surface area contributed by atoms with Crippen LogP contribution in [0.4, 0.5) is 17.6 Å². The van der Waals surface area contributed by atoms with Gasteiger partial charge in [0.25, 0.3) is 0 Å². The number of morpholine rings is 1. The van der Waals surface area contributed by atoms with E-state index in [1.54, 1.807) is 0 Å². The van der Waals surface area contributed by atoms with Gasteiger partial charge >= 0.3 is 0 Å². The Labute approximate surface area is 202 Å². The van der Waals surface area contributed by atoms with Gasteiger partial charge in [-0.25, -0.2) is 0 Å². The molecule has 1 aromatic carbocycles. The molecule has 0 spiro atoms. The van der Waals surface area contributed by atoms with Crippen LogP contribution in [0.2, 0.25) is 0 Å². The summed E-state index contributed by atoms with van der Waals surface area (Å²) in [6.07, 6.45) is 3.30. The second kappa shape index (κ2) is 11.6. The third-order valence-corrected chi connectivity index (χ3v) is 6.47. The van der Waals surface area contributed by atoms with E-state index in [0.717, 1.165) is 70.4 Å². The highest BCUT2D eigenvalue weighted by Gasteiger charge is 2.25. The molecule has 3 heterocycles. The van der Waals surface area contributed by atoms with E-state index in [-0.39, 0.29) is 0 Å². The van der Waals surface area contributed by atoms with Crippen molar-refractivity contribution in [1.82, 2.24) is 15.3 Å². The van der Waals surface area contributed by atoms with Gasteiger partial charge in [0.1, 0.15) is 11.6 Å². The average Bonchev–Trinajstić information content (AvgIpc) is 2.82. The van der Waals surface area contributed by atoms with E-state index in [1.807, 2.05) is 6.07 Å². The van der Waals surface area contributed by atoms with E-state index in [0.29, 0.717) is 22.9 Å². The first-order chi connectivity index (χ1) is 16.1. The lowest BCUT2D eigenvalue weighted by molar-refractivity contribution is 0.122. The summed E-state index contributed by atoms with van der Waals surface area (Å²) in [6.45, 7) is 10.6. The van der Waals surface area contributed by atoms with Crippen LogP contribution in [0.5, 0.6) is 0 Å². The smallest absolute Gasteiger partial charge is 0.232 e. The molecule has 1 aromatic heterocycles. The zero-order valence-electron chi connectivity index (χ0n) is 19.8. The standard InChI is InChI=1S/C25H36N6OS/c1-19-15-20(2)18-31(17-19)23-16-22(30-11-13-32-14-12-30)27-24(28-23)29-25(33)26-10-6-9-21-7-4-3-5-8-21/h3-5,7-8,16,19-20H,6,9-15,17-18H2,1-2H3,(H2,26,27,28,29,33). The van der Waals surface area contributed by atoms with E-state index in [9.17, 15) is 0 Å². The summed E-state index contributed by atoms with van der Waals surface area (Å²) in [6, 6.07) is 12.6. The molecule has 2 unspecified atom stereocenters. The number of nitrogens with zero attached hydrogens (tertiary/aromatic N) is 4. The molecule has 0 amide bonds. The van der Waals surface area contributed by atoms with Gasteiger partial charge in [-0.1, -0.05) is 44.2 Å². The lowest BCUT2D eigenvalue weighted by atomic mass is 9.92. The lowest BCUT2D eigenvalue weighted by Gasteiger charge is -2.36. The molecule has 2 aromatic rings. The quantitative estimate of drug-likeness (QED) is 0.471. The molecule has 0 bridgehead atoms. The van der Waals surface area contributed by atoms with Gasteiger partial charge in [0.2, 0.25) is 5.95 Å². The second-order valence-corrected chi connectivity index (χ2v) is 9.74. The minimum Gasteiger partial charge on any atom is -0.378 e. The van der Waals surface area contributed by atoms with Gasteiger partial charge in [-0.15, -0.1) is 0 Å². The van der Waals surface area contributed by atoms with E-state index >= 15 is 0 Å². The Morgan fingerprint density at radius 1 is 1.03 bits per heavy atom. The summed E-state index contributed by atoms with van der Waals surface area (Å²) in [5.74, 6) is 3.77. The topological polar surface area (TPSA) is 65.6 Å². The van der Waals surface area contributed by atoms with Crippen molar-refractivity contribution in [2.75, 3.05) is 61.1 Å². The molecule has 2 aliphatic rings. The molecular weight excluding hydrogens is 432 g/mol. The summed E-state index contributed by atoms with van der Waals surface area (Å²) >= 11 is 5.55. The van der Waals surface area contributed by atoms with Crippen LogP contribution < -0.4 is 20.4 Å². The predicted octanol–water partition coefficient (Wildman–Crippen LogP) is 3.71. The zero-order valence-corrected chi connectivity index (χ0v) is 20.6. The maximum Gasteiger partial charge on any atom is 0.232 e. The molecule has 8 heteroatoms. The molecule has 178 valence electrons. The Morgan fingerprint density at radius 3 is 2.39 bits per heavy atom. The van der Waals surface area contributed by atoms with Gasteiger partial charge in [0.05, 0.1) is 13.2 Å². The zero-order chi connectivity index (χ0) is 23.0. The maximum atomic E-state index is 5.55. The first-order valence-electron chi connectivity index (χ1n) is 12.1. The summed E-state index contributed by atoms with van der Waals surface area (Å²) in [5.41, 5.74) is 1.34. The van der Waals surface area contributed by atoms with Crippen LogP contribution in [-0.4, -0.2) is 61.0 Å². The van der Waals surface area contributed by atoms with Gasteiger partial charge < -0.3 is 25.2 Å². The summed E-state index contributed by atoms with van der Waals surface area (Å²) in [7, 11) is 0. The first kappa shape index (κ1) is 23.7. The van der Waals surface area contributed by atoms with Crippen LogP contribution >= 0.6 is 12.2 Å². The van der Waals surface area contributed by atoms with Crippen molar-refractivity contribution in [3.8, 4) is 0 Å². The number of hydrogen-bond acceptors (Lipinski definition) is 6. The molecule has 2 aliphatic heterocycles. The molecule has 2 fully saturated rings. The molecule has 2 saturated heterocycles. The second-order valence-electron chi connectivity index (χ2n) is 9.33. The van der Waals surface area contributed by atoms with Gasteiger partial charge in [0, 0.05) is 38.8 Å². The van der Waals surface area contributed by atoms with E-state index in [4.69, 9.17) is 26.9 Å². The number of ether oxygens (including phenoxy) is 1. The van der Waals surface area contributed by atoms with Gasteiger partial charge in [0.15, 0.2) is 5.11 Å². The van der Waals surface area contributed by atoms with Crippen LogP contribution in [0, 0.1) is 11.8 Å². The van der Waals surface area contributed by atoms with Crippen LogP contribution in [0.25, 0.3) is 0 Å². The summed E-state index contributed by atoms with van der Waals surface area (Å²) < 4.78 is 5.54. The van der Waals surface area contributed by atoms with Crippen LogP contribution in [0.15, 0.2) is 36.4 Å². The molecule has 0 saturated carbocycles. The lowest BCUT2D eigenvalue weighted by Crippen LogP contribution is -2.40. The number of nitrogens with one attached hydrogen (secondary N) is 2. The fourth-order valence-electron chi connectivity index (χ4n) is 4.73. The number of anilines is 3. The monoisotopic (exact) mass is 468 g/mol. The molecule has 33 heavy (non-hydrogen) atoms. The Hall–Kier alpha value is -2.45. The van der Waals surface area contributed by atoms with Crippen molar-refractivity contribution in [3.05, 3.63) is 42.0 Å². The minimum atomic E-state index is 0.556. The molecule has 4 rings (SSSR count). The van der Waals surface area contributed by atoms with Gasteiger partial charge in [-0.3, -0.25) is 0 Å². The Balaban J connectivity index is 1.41. The first-order valence-corrected chi connectivity index (χ1v) is 12.5. The van der Waals surface area contributed by atoms with Crippen molar-refractivity contribution in [1.29, 1.82) is 0 Å². The molecular formula is C25H36N6OS. The summed E-state index contributed by atoms with van der Waals surface area (Å²) in [5, 5.41) is 7.11. The van der Waals surface area contributed by atoms with Gasteiger partial charge in [-0.2, -0.15) is 9.97 Å². The number of thiocarbonyl (C=S) groups is 1. The third kappa shape index (κ3) is 7.01. The Morgan fingerprint density at radius 2 is 1.70 bits per heavy atom. The molecule has 2 atom stereocenters. The SMILES string of the molecule is CC1CC(C)CN(c2cc(N3CCOCC3)nc(NC(=S)NCCCc3ccccc3)n2)C1. The number of aryl methyl sites for hydroxylation is 1. The largest absolute Gasteiger partial charge is 0.378 e. The van der Waals surface area contributed by atoms with E-state index in [1.165, 1.54) is 12.0 Å². The number of rotatable bonds is 7. The maximum absolute atomic E-state index is 5.55. The molecule has 2 N–H and O–H groups in total. The van der Waals surface area contributed by atoms with Crippen LogP contribution in [-0.2, 0) is 11.2 Å². The van der Waals surface area contributed by atoms with Crippen LogP contribution in [0.1, 0.15) is 32.3 Å². The average molecular weight is 469 g/mol. The van der Waals surface area contributed by atoms with E-state index in [2.05, 4.69) is 64.6 Å². The van der Waals surface area contributed by atoms with Crippen molar-refractivity contribution < 1.29 is 4.74 Å². The predicted molar refractivity (Wildman–Crippen MR) is 139 cm³/mol. The van der Waals surface area contributed by atoms with E-state index < -0.39 is 0 Å². The van der Waals surface area contributed by atoms with Crippen molar-refractivity contribution in [2.45, 2.75) is 33.1 Å². The van der Waals surface area contributed by atoms with Crippen molar-refractivity contribution >= 4 is 34.9 Å².